The van der Waals surface area contributed by atoms with Gasteiger partial charge in [-0.3, -0.25) is 0 Å². The van der Waals surface area contributed by atoms with Crippen LogP contribution in [0.5, 0.6) is 0 Å². The van der Waals surface area contributed by atoms with Gasteiger partial charge in [0.25, 0.3) is 0 Å². The van der Waals surface area contributed by atoms with Gasteiger partial charge in [0.15, 0.2) is 0 Å². The van der Waals surface area contributed by atoms with Gasteiger partial charge in [-0.1, -0.05) is 0 Å². The molecule has 1 fully saturated rings. The van der Waals surface area contributed by atoms with Gasteiger partial charge in [-0.2, -0.15) is 5.26 Å². The molecule has 1 aliphatic rings. The molecule has 6 heteroatoms. The lowest BCUT2D eigenvalue weighted by Gasteiger charge is -2.29. The van der Waals surface area contributed by atoms with Crippen molar-refractivity contribution in [1.82, 2.24) is 9.80 Å². The zero-order chi connectivity index (χ0) is 13.0. The summed E-state index contributed by atoms with van der Waals surface area (Å²) in [4.78, 5) is 25.7. The van der Waals surface area contributed by atoms with Crippen molar-refractivity contribution in [2.75, 3.05) is 13.6 Å². The Morgan fingerprint density at radius 1 is 1.53 bits per heavy atom. The average Bonchev–Trinajstić information content (AvgIpc) is 3.11. The number of nitrogens with zero attached hydrogens (tertiary/aromatic N) is 3. The molecule has 1 rings (SSSR count). The molecule has 1 unspecified atom stereocenters. The minimum absolute atomic E-state index is 0.180. The van der Waals surface area contributed by atoms with Crippen LogP contribution in [-0.2, 0) is 4.79 Å². The third-order valence-electron chi connectivity index (χ3n) is 2.94. The maximum Gasteiger partial charge on any atom is 0.326 e. The first-order chi connectivity index (χ1) is 7.99. The summed E-state index contributed by atoms with van der Waals surface area (Å²) in [6.45, 7) is 1.84. The lowest BCUT2D eigenvalue weighted by atomic mass is 10.3. The Hall–Kier alpha value is -1.77. The van der Waals surface area contributed by atoms with Crippen molar-refractivity contribution in [3.05, 3.63) is 0 Å². The van der Waals surface area contributed by atoms with Crippen molar-refractivity contribution < 1.29 is 14.7 Å². The van der Waals surface area contributed by atoms with Crippen LogP contribution in [0.15, 0.2) is 0 Å². The van der Waals surface area contributed by atoms with Gasteiger partial charge in [-0.15, -0.1) is 0 Å². The fourth-order valence-electron chi connectivity index (χ4n) is 1.52. The predicted octanol–water partition coefficient (Wildman–Crippen LogP) is 0.889. The lowest BCUT2D eigenvalue weighted by Crippen LogP contribution is -2.48. The number of hydrogen-bond acceptors (Lipinski definition) is 3. The summed E-state index contributed by atoms with van der Waals surface area (Å²) >= 11 is 0. The molecule has 2 amide bonds. The molecule has 0 saturated heterocycles. The number of carbonyl (C=O) groups excluding carboxylic acids is 1. The van der Waals surface area contributed by atoms with Crippen LogP contribution in [0.3, 0.4) is 0 Å². The van der Waals surface area contributed by atoms with Crippen molar-refractivity contribution in [3.8, 4) is 6.07 Å². The molecule has 0 spiro atoms. The van der Waals surface area contributed by atoms with Crippen LogP contribution in [-0.4, -0.2) is 52.6 Å². The van der Waals surface area contributed by atoms with Crippen LogP contribution in [0, 0.1) is 11.3 Å². The first-order valence-electron chi connectivity index (χ1n) is 5.62. The molecule has 1 saturated carbocycles. The van der Waals surface area contributed by atoms with E-state index in [2.05, 4.69) is 0 Å². The highest BCUT2D eigenvalue weighted by Gasteiger charge is 2.35. The van der Waals surface area contributed by atoms with Crippen molar-refractivity contribution in [2.45, 2.75) is 38.3 Å². The second-order valence-electron chi connectivity index (χ2n) is 4.24. The van der Waals surface area contributed by atoms with Crippen molar-refractivity contribution in [1.29, 1.82) is 5.26 Å². The Kier molecular flexibility index (Phi) is 4.32. The summed E-state index contributed by atoms with van der Waals surface area (Å²) in [7, 11) is 1.48. The highest BCUT2D eigenvalue weighted by molar-refractivity contribution is 5.82. The summed E-state index contributed by atoms with van der Waals surface area (Å²) in [6, 6.07) is 1.01. The molecule has 17 heavy (non-hydrogen) atoms. The molecular formula is C11H17N3O3. The highest BCUT2D eigenvalue weighted by atomic mass is 16.4. The minimum atomic E-state index is -1.03. The molecular weight excluding hydrogens is 222 g/mol. The van der Waals surface area contributed by atoms with Gasteiger partial charge in [-0.25, -0.2) is 9.59 Å². The van der Waals surface area contributed by atoms with Gasteiger partial charge in [0, 0.05) is 19.6 Å². The van der Waals surface area contributed by atoms with Gasteiger partial charge in [0.05, 0.1) is 12.5 Å². The maximum atomic E-state index is 12.1. The molecule has 0 aromatic carbocycles. The number of carboxylic acids is 1. The number of amides is 2. The lowest BCUT2D eigenvalue weighted by molar-refractivity contribution is -0.141. The van der Waals surface area contributed by atoms with Crippen LogP contribution in [0.1, 0.15) is 26.2 Å². The number of carboxylic acid groups (broad SMARTS) is 1. The zero-order valence-electron chi connectivity index (χ0n) is 10.1. The number of rotatable bonds is 5. The first kappa shape index (κ1) is 13.3. The van der Waals surface area contributed by atoms with E-state index in [1.54, 1.807) is 4.90 Å². The minimum Gasteiger partial charge on any atom is -0.480 e. The summed E-state index contributed by atoms with van der Waals surface area (Å²) in [6.07, 6.45) is 2.15. The quantitative estimate of drug-likeness (QED) is 0.772. The third-order valence-corrected chi connectivity index (χ3v) is 2.94. The zero-order valence-corrected chi connectivity index (χ0v) is 10.1. The fourth-order valence-corrected chi connectivity index (χ4v) is 1.52. The summed E-state index contributed by atoms with van der Waals surface area (Å²) < 4.78 is 0. The van der Waals surface area contributed by atoms with Gasteiger partial charge in [0.2, 0.25) is 0 Å². The number of urea groups is 1. The monoisotopic (exact) mass is 239 g/mol. The molecule has 0 aromatic heterocycles. The fraction of sp³-hybridized carbons (Fsp3) is 0.727. The smallest absolute Gasteiger partial charge is 0.326 e. The average molecular weight is 239 g/mol. The first-order valence-corrected chi connectivity index (χ1v) is 5.62. The molecule has 0 radical (unpaired) electrons. The number of carbonyl (C=O) groups is 2. The van der Waals surface area contributed by atoms with E-state index >= 15 is 0 Å². The Balaban J connectivity index is 2.64. The Labute approximate surface area is 100 Å². The molecule has 0 aromatic rings. The van der Waals surface area contributed by atoms with Crippen LogP contribution in [0.25, 0.3) is 0 Å². The molecule has 1 atom stereocenters. The molecule has 0 heterocycles. The second kappa shape index (κ2) is 5.53. The van der Waals surface area contributed by atoms with E-state index in [0.29, 0.717) is 6.54 Å². The standard InChI is InChI=1S/C11H17N3O3/c1-8(10(15)16)13(2)11(17)14(7-3-6-12)9-4-5-9/h8-9H,3-5,7H2,1-2H3,(H,15,16). The molecule has 1 aliphatic carbocycles. The van der Waals surface area contributed by atoms with E-state index in [-0.39, 0.29) is 18.5 Å². The summed E-state index contributed by atoms with van der Waals surface area (Å²) in [5.74, 6) is -1.03. The Bertz CT molecular complexity index is 346. The van der Waals surface area contributed by atoms with Crippen molar-refractivity contribution in [2.24, 2.45) is 0 Å². The van der Waals surface area contributed by atoms with E-state index in [1.807, 2.05) is 6.07 Å². The van der Waals surface area contributed by atoms with Crippen LogP contribution in [0.4, 0.5) is 4.79 Å². The number of likely N-dealkylation sites (N-methyl/N-ethyl adjacent to an activating group) is 1. The molecule has 1 N–H and O–H groups in total. The van der Waals surface area contributed by atoms with E-state index in [0.717, 1.165) is 12.8 Å². The molecule has 0 aliphatic heterocycles. The highest BCUT2D eigenvalue weighted by Crippen LogP contribution is 2.28. The Morgan fingerprint density at radius 2 is 2.12 bits per heavy atom. The van der Waals surface area contributed by atoms with Gasteiger partial charge >= 0.3 is 12.0 Å². The van der Waals surface area contributed by atoms with Crippen molar-refractivity contribution in [3.63, 3.8) is 0 Å². The summed E-state index contributed by atoms with van der Waals surface area (Å²) in [5.41, 5.74) is 0. The Morgan fingerprint density at radius 3 is 2.53 bits per heavy atom. The largest absolute Gasteiger partial charge is 0.480 e. The molecule has 6 nitrogen and oxygen atoms in total. The van der Waals surface area contributed by atoms with Crippen LogP contribution in [0.2, 0.25) is 0 Å². The number of aliphatic carboxylic acids is 1. The molecule has 94 valence electrons. The van der Waals surface area contributed by atoms with Crippen molar-refractivity contribution >= 4 is 12.0 Å². The SMILES string of the molecule is CC(C(=O)O)N(C)C(=O)N(CCC#N)C1CC1. The van der Waals surface area contributed by atoms with Crippen LogP contribution < -0.4 is 0 Å². The maximum absolute atomic E-state index is 12.1. The van der Waals surface area contributed by atoms with Gasteiger partial charge < -0.3 is 14.9 Å². The molecule has 0 bridgehead atoms. The van der Waals surface area contributed by atoms with Crippen LogP contribution >= 0.6 is 0 Å². The van der Waals surface area contributed by atoms with Gasteiger partial charge in [-0.05, 0) is 19.8 Å². The summed E-state index contributed by atoms with van der Waals surface area (Å²) in [5, 5.41) is 17.4. The number of nitriles is 1. The third kappa shape index (κ3) is 3.34. The van der Waals surface area contributed by atoms with E-state index < -0.39 is 12.0 Å². The van der Waals surface area contributed by atoms with E-state index in [4.69, 9.17) is 10.4 Å². The topological polar surface area (TPSA) is 84.6 Å². The predicted molar refractivity (Wildman–Crippen MR) is 60.2 cm³/mol. The second-order valence-corrected chi connectivity index (χ2v) is 4.24. The normalized spacial score (nSPS) is 15.8. The number of hydrogen-bond donors (Lipinski definition) is 1. The van der Waals surface area contributed by atoms with E-state index in [9.17, 15) is 9.59 Å². The van der Waals surface area contributed by atoms with E-state index in [1.165, 1.54) is 18.9 Å². The van der Waals surface area contributed by atoms with Gasteiger partial charge in [0.1, 0.15) is 6.04 Å².